The van der Waals surface area contributed by atoms with Crippen molar-refractivity contribution in [2.75, 3.05) is 10.6 Å². The van der Waals surface area contributed by atoms with E-state index in [0.29, 0.717) is 24.3 Å². The standard InChI is InChI=1S/C13H17N5O2S2/c1-3-9(19)16-12(21)15-8-6-5-7-14-11(8)18-13(22)17-10(20)4-2/h5-7H,3-4H2,1-2H3,(H2,15,16,19,21)(H2,14,17,18,20,22). The van der Waals surface area contributed by atoms with Crippen molar-refractivity contribution in [2.45, 2.75) is 26.7 Å². The summed E-state index contributed by atoms with van der Waals surface area (Å²) in [5.41, 5.74) is 0.525. The highest BCUT2D eigenvalue weighted by atomic mass is 32.1. The van der Waals surface area contributed by atoms with Crippen molar-refractivity contribution in [1.29, 1.82) is 0 Å². The summed E-state index contributed by atoms with van der Waals surface area (Å²) in [5, 5.41) is 11.0. The first-order valence-corrected chi connectivity index (χ1v) is 7.44. The molecule has 0 aromatic carbocycles. The minimum atomic E-state index is -0.200. The lowest BCUT2D eigenvalue weighted by Gasteiger charge is -2.14. The molecule has 0 aliphatic carbocycles. The van der Waals surface area contributed by atoms with E-state index < -0.39 is 0 Å². The van der Waals surface area contributed by atoms with Crippen LogP contribution in [0, 0.1) is 0 Å². The summed E-state index contributed by atoms with van der Waals surface area (Å²) in [6.45, 7) is 3.45. The van der Waals surface area contributed by atoms with Crippen molar-refractivity contribution < 1.29 is 9.59 Å². The molecule has 0 saturated carbocycles. The Morgan fingerprint density at radius 2 is 1.59 bits per heavy atom. The molecule has 0 spiro atoms. The first kappa shape index (κ1) is 17.9. The molecular formula is C13H17N5O2S2. The Hall–Kier alpha value is -2.13. The van der Waals surface area contributed by atoms with E-state index in [-0.39, 0.29) is 22.0 Å². The number of amides is 2. The van der Waals surface area contributed by atoms with Crippen LogP contribution in [0.3, 0.4) is 0 Å². The third kappa shape index (κ3) is 6.10. The van der Waals surface area contributed by atoms with E-state index in [9.17, 15) is 9.59 Å². The number of hydrogen-bond acceptors (Lipinski definition) is 5. The van der Waals surface area contributed by atoms with Crippen LogP contribution in [0.1, 0.15) is 26.7 Å². The lowest BCUT2D eigenvalue weighted by atomic mass is 10.4. The molecule has 0 fully saturated rings. The van der Waals surface area contributed by atoms with Gasteiger partial charge in [0.05, 0.1) is 5.69 Å². The average molecular weight is 339 g/mol. The zero-order chi connectivity index (χ0) is 16.5. The van der Waals surface area contributed by atoms with Crippen LogP contribution in [0.15, 0.2) is 18.3 Å². The number of pyridine rings is 1. The van der Waals surface area contributed by atoms with Crippen LogP contribution >= 0.6 is 24.4 Å². The molecule has 1 heterocycles. The molecule has 0 bridgehead atoms. The Kier molecular flexibility index (Phi) is 7.33. The summed E-state index contributed by atoms with van der Waals surface area (Å²) >= 11 is 10.1. The Labute approximate surface area is 139 Å². The SMILES string of the molecule is CCC(=O)NC(=S)Nc1cccnc1NC(=S)NC(=O)CC. The van der Waals surface area contributed by atoms with Gasteiger partial charge >= 0.3 is 0 Å². The lowest BCUT2D eigenvalue weighted by Crippen LogP contribution is -2.35. The molecule has 1 rings (SSSR count). The Balaban J connectivity index is 2.73. The number of thiocarbonyl (C=S) groups is 2. The van der Waals surface area contributed by atoms with E-state index in [0.717, 1.165) is 0 Å². The smallest absolute Gasteiger partial charge is 0.225 e. The van der Waals surface area contributed by atoms with Crippen molar-refractivity contribution in [3.63, 3.8) is 0 Å². The molecule has 0 aliphatic heterocycles. The van der Waals surface area contributed by atoms with E-state index in [1.54, 1.807) is 32.2 Å². The van der Waals surface area contributed by atoms with Crippen molar-refractivity contribution in [1.82, 2.24) is 15.6 Å². The van der Waals surface area contributed by atoms with Crippen LogP contribution in [0.4, 0.5) is 11.5 Å². The molecule has 7 nitrogen and oxygen atoms in total. The van der Waals surface area contributed by atoms with Gasteiger partial charge in [-0.1, -0.05) is 13.8 Å². The van der Waals surface area contributed by atoms with Crippen LogP contribution in [0.5, 0.6) is 0 Å². The topological polar surface area (TPSA) is 95.2 Å². The number of carbonyl (C=O) groups excluding carboxylic acids is 2. The van der Waals surface area contributed by atoms with Gasteiger partial charge in [0.2, 0.25) is 11.8 Å². The molecule has 0 saturated heterocycles. The summed E-state index contributed by atoms with van der Waals surface area (Å²) in [6.07, 6.45) is 2.21. The predicted molar refractivity (Wildman–Crippen MR) is 93.5 cm³/mol. The van der Waals surface area contributed by atoms with Crippen molar-refractivity contribution >= 4 is 58.0 Å². The molecular weight excluding hydrogens is 322 g/mol. The third-order valence-corrected chi connectivity index (χ3v) is 2.84. The summed E-state index contributed by atoms with van der Waals surface area (Å²) in [4.78, 5) is 26.7. The molecule has 0 unspecified atom stereocenters. The fourth-order valence-electron chi connectivity index (χ4n) is 1.33. The highest BCUT2D eigenvalue weighted by Gasteiger charge is 2.09. The molecule has 1 aromatic rings. The first-order valence-electron chi connectivity index (χ1n) is 6.62. The molecule has 1 aromatic heterocycles. The quantitative estimate of drug-likeness (QED) is 0.618. The van der Waals surface area contributed by atoms with Crippen molar-refractivity contribution in [3.8, 4) is 0 Å². The number of rotatable bonds is 4. The van der Waals surface area contributed by atoms with Crippen LogP contribution in [-0.4, -0.2) is 27.0 Å². The molecule has 22 heavy (non-hydrogen) atoms. The van der Waals surface area contributed by atoms with Crippen molar-refractivity contribution in [3.05, 3.63) is 18.3 Å². The van der Waals surface area contributed by atoms with Gasteiger partial charge in [0.15, 0.2) is 16.0 Å². The van der Waals surface area contributed by atoms with Gasteiger partial charge in [0, 0.05) is 19.0 Å². The number of nitrogens with zero attached hydrogens (tertiary/aromatic N) is 1. The summed E-state index contributed by atoms with van der Waals surface area (Å²) in [7, 11) is 0. The van der Waals surface area contributed by atoms with Gasteiger partial charge < -0.3 is 21.3 Å². The van der Waals surface area contributed by atoms with Crippen LogP contribution in [-0.2, 0) is 9.59 Å². The highest BCUT2D eigenvalue weighted by molar-refractivity contribution is 7.80. The zero-order valence-electron chi connectivity index (χ0n) is 12.2. The maximum atomic E-state index is 11.3. The number of anilines is 2. The van der Waals surface area contributed by atoms with Gasteiger partial charge in [-0.05, 0) is 36.6 Å². The Morgan fingerprint density at radius 1 is 1.05 bits per heavy atom. The van der Waals surface area contributed by atoms with Crippen LogP contribution in [0.2, 0.25) is 0 Å². The molecule has 2 amide bonds. The summed E-state index contributed by atoms with van der Waals surface area (Å²) in [6, 6.07) is 3.41. The summed E-state index contributed by atoms with van der Waals surface area (Å²) in [5.74, 6) is -0.00713. The second kappa shape index (κ2) is 9.00. The number of hydrogen-bond donors (Lipinski definition) is 4. The second-order valence-corrected chi connectivity index (χ2v) is 4.93. The molecule has 0 radical (unpaired) electrons. The molecule has 0 aliphatic rings. The first-order chi connectivity index (χ1) is 10.5. The maximum absolute atomic E-state index is 11.3. The molecule has 4 N–H and O–H groups in total. The zero-order valence-corrected chi connectivity index (χ0v) is 13.9. The number of carbonyl (C=O) groups is 2. The number of aromatic nitrogens is 1. The van der Waals surface area contributed by atoms with Crippen LogP contribution < -0.4 is 21.3 Å². The van der Waals surface area contributed by atoms with E-state index in [2.05, 4.69) is 26.3 Å². The molecule has 0 atom stereocenters. The largest absolute Gasteiger partial charge is 0.329 e. The fourth-order valence-corrected chi connectivity index (χ4v) is 1.76. The average Bonchev–Trinajstić information content (AvgIpc) is 2.48. The Bertz CT molecular complexity index is 541. The van der Waals surface area contributed by atoms with E-state index in [4.69, 9.17) is 24.4 Å². The van der Waals surface area contributed by atoms with Gasteiger partial charge in [-0.25, -0.2) is 4.98 Å². The van der Waals surface area contributed by atoms with Gasteiger partial charge in [-0.15, -0.1) is 0 Å². The second-order valence-electron chi connectivity index (χ2n) is 4.11. The lowest BCUT2D eigenvalue weighted by molar-refractivity contribution is -0.120. The van der Waals surface area contributed by atoms with E-state index in [1.807, 2.05) is 0 Å². The van der Waals surface area contributed by atoms with Gasteiger partial charge in [0.25, 0.3) is 0 Å². The van der Waals surface area contributed by atoms with Gasteiger partial charge in [-0.3, -0.25) is 9.59 Å². The fraction of sp³-hybridized carbons (Fsp3) is 0.308. The molecule has 9 heteroatoms. The van der Waals surface area contributed by atoms with E-state index in [1.165, 1.54) is 0 Å². The van der Waals surface area contributed by atoms with Crippen LogP contribution in [0.25, 0.3) is 0 Å². The maximum Gasteiger partial charge on any atom is 0.225 e. The Morgan fingerprint density at radius 3 is 2.14 bits per heavy atom. The monoisotopic (exact) mass is 339 g/mol. The third-order valence-electron chi connectivity index (χ3n) is 2.44. The van der Waals surface area contributed by atoms with Gasteiger partial charge in [0.1, 0.15) is 0 Å². The van der Waals surface area contributed by atoms with Crippen molar-refractivity contribution in [2.24, 2.45) is 0 Å². The van der Waals surface area contributed by atoms with E-state index >= 15 is 0 Å². The minimum absolute atomic E-state index is 0.136. The normalized spacial score (nSPS) is 9.55. The summed E-state index contributed by atoms with van der Waals surface area (Å²) < 4.78 is 0. The highest BCUT2D eigenvalue weighted by Crippen LogP contribution is 2.17. The molecule has 118 valence electrons. The van der Waals surface area contributed by atoms with Gasteiger partial charge in [-0.2, -0.15) is 0 Å². The minimum Gasteiger partial charge on any atom is -0.329 e. The number of nitrogens with one attached hydrogen (secondary N) is 4. The predicted octanol–water partition coefficient (Wildman–Crippen LogP) is 1.53.